The largest absolute Gasteiger partial charge is 0.383 e. The van der Waals surface area contributed by atoms with E-state index in [0.29, 0.717) is 12.1 Å². The van der Waals surface area contributed by atoms with Crippen molar-refractivity contribution in [3.05, 3.63) is 0 Å². The van der Waals surface area contributed by atoms with Crippen LogP contribution < -0.4 is 5.32 Å². The Morgan fingerprint density at radius 2 is 1.93 bits per heavy atom. The van der Waals surface area contributed by atoms with Crippen molar-refractivity contribution in [1.82, 2.24) is 10.2 Å². The van der Waals surface area contributed by atoms with Gasteiger partial charge in [0.1, 0.15) is 0 Å². The highest BCUT2D eigenvalue weighted by Crippen LogP contribution is 2.04. The summed E-state index contributed by atoms with van der Waals surface area (Å²) in [7, 11) is 1.76. The molecule has 1 N–H and O–H groups in total. The predicted octanol–water partition coefficient (Wildman–Crippen LogP) is 1.34. The van der Waals surface area contributed by atoms with Gasteiger partial charge in [-0.25, -0.2) is 0 Å². The molecule has 86 valence electrons. The van der Waals surface area contributed by atoms with Gasteiger partial charge in [0.25, 0.3) is 0 Å². The van der Waals surface area contributed by atoms with Gasteiger partial charge in [0.2, 0.25) is 0 Å². The highest BCUT2D eigenvalue weighted by molar-refractivity contribution is 4.72. The Hall–Kier alpha value is -0.120. The molecule has 0 aliphatic rings. The number of methoxy groups -OCH3 is 1. The lowest BCUT2D eigenvalue weighted by molar-refractivity contribution is 0.101. The minimum absolute atomic E-state index is 0.574. The van der Waals surface area contributed by atoms with Crippen LogP contribution in [0.15, 0.2) is 0 Å². The van der Waals surface area contributed by atoms with E-state index >= 15 is 0 Å². The molecule has 0 saturated heterocycles. The molecule has 0 amide bonds. The number of nitrogens with one attached hydrogen (secondary N) is 1. The second kappa shape index (κ2) is 8.21. The summed E-state index contributed by atoms with van der Waals surface area (Å²) in [4.78, 5) is 2.46. The second-order valence-corrected chi connectivity index (χ2v) is 3.98. The Labute approximate surface area is 88.8 Å². The number of hydrogen-bond acceptors (Lipinski definition) is 3. The molecule has 0 radical (unpaired) electrons. The molecule has 14 heavy (non-hydrogen) atoms. The van der Waals surface area contributed by atoms with Gasteiger partial charge in [-0.1, -0.05) is 6.92 Å². The molecule has 0 rings (SSSR count). The Bertz CT molecular complexity index is 128. The van der Waals surface area contributed by atoms with Crippen LogP contribution in [0.5, 0.6) is 0 Å². The molecule has 0 aromatic rings. The highest BCUT2D eigenvalue weighted by Gasteiger charge is 2.15. The van der Waals surface area contributed by atoms with Crippen LogP contribution in [0.25, 0.3) is 0 Å². The van der Waals surface area contributed by atoms with Crippen LogP contribution in [0.4, 0.5) is 0 Å². The van der Waals surface area contributed by atoms with E-state index in [-0.39, 0.29) is 0 Å². The van der Waals surface area contributed by atoms with E-state index in [1.165, 1.54) is 0 Å². The number of nitrogens with zero attached hydrogens (tertiary/aromatic N) is 1. The van der Waals surface area contributed by atoms with Crippen molar-refractivity contribution in [2.45, 2.75) is 39.8 Å². The number of likely N-dealkylation sites (N-methyl/N-ethyl adjacent to an activating group) is 1. The van der Waals surface area contributed by atoms with E-state index in [4.69, 9.17) is 4.74 Å². The molecule has 3 nitrogen and oxygen atoms in total. The van der Waals surface area contributed by atoms with Crippen LogP contribution in [0.1, 0.15) is 27.7 Å². The molecule has 0 aromatic carbocycles. The molecular weight excluding hydrogens is 176 g/mol. The van der Waals surface area contributed by atoms with Gasteiger partial charge in [0, 0.05) is 32.3 Å². The molecule has 0 fully saturated rings. The number of ether oxygens (including phenoxy) is 1. The normalized spacial score (nSPS) is 13.9. The maximum Gasteiger partial charge on any atom is 0.0589 e. The standard InChI is InChI=1S/C11H26N2O/c1-6-12-9-11(4)13(10(2)3)7-8-14-5/h10-12H,6-9H2,1-5H3. The fraction of sp³-hybridized carbons (Fsp3) is 1.00. The van der Waals surface area contributed by atoms with Crippen molar-refractivity contribution in [2.24, 2.45) is 0 Å². The van der Waals surface area contributed by atoms with E-state index in [0.717, 1.165) is 26.2 Å². The molecular formula is C11H26N2O. The van der Waals surface area contributed by atoms with Gasteiger partial charge in [-0.2, -0.15) is 0 Å². The lowest BCUT2D eigenvalue weighted by atomic mass is 10.2. The van der Waals surface area contributed by atoms with Crippen molar-refractivity contribution in [3.63, 3.8) is 0 Å². The van der Waals surface area contributed by atoms with Crippen molar-refractivity contribution in [3.8, 4) is 0 Å². The first-order valence-electron chi connectivity index (χ1n) is 5.58. The third kappa shape index (κ3) is 5.58. The average Bonchev–Trinajstić information content (AvgIpc) is 2.14. The zero-order chi connectivity index (χ0) is 11.0. The van der Waals surface area contributed by atoms with Gasteiger partial charge in [-0.05, 0) is 27.3 Å². The fourth-order valence-electron chi connectivity index (χ4n) is 1.65. The molecule has 0 aliphatic carbocycles. The summed E-state index contributed by atoms with van der Waals surface area (Å²) in [6.45, 7) is 12.8. The van der Waals surface area contributed by atoms with E-state index in [9.17, 15) is 0 Å². The smallest absolute Gasteiger partial charge is 0.0589 e. The molecule has 0 saturated carbocycles. The summed E-state index contributed by atoms with van der Waals surface area (Å²) < 4.78 is 5.12. The maximum absolute atomic E-state index is 5.12. The van der Waals surface area contributed by atoms with Crippen molar-refractivity contribution in [1.29, 1.82) is 0 Å². The van der Waals surface area contributed by atoms with Crippen molar-refractivity contribution in [2.75, 3.05) is 33.4 Å². The molecule has 0 aliphatic heterocycles. The fourth-order valence-corrected chi connectivity index (χ4v) is 1.65. The lowest BCUT2D eigenvalue weighted by Gasteiger charge is -2.32. The van der Waals surface area contributed by atoms with Gasteiger partial charge in [-0.3, -0.25) is 4.90 Å². The van der Waals surface area contributed by atoms with Gasteiger partial charge in [0.05, 0.1) is 6.61 Å². The van der Waals surface area contributed by atoms with E-state index in [2.05, 4.69) is 37.9 Å². The molecule has 1 unspecified atom stereocenters. The van der Waals surface area contributed by atoms with Gasteiger partial charge in [-0.15, -0.1) is 0 Å². The van der Waals surface area contributed by atoms with Crippen LogP contribution in [0, 0.1) is 0 Å². The second-order valence-electron chi connectivity index (χ2n) is 3.98. The first-order valence-corrected chi connectivity index (χ1v) is 5.58. The van der Waals surface area contributed by atoms with Crippen LogP contribution >= 0.6 is 0 Å². The average molecular weight is 202 g/mol. The maximum atomic E-state index is 5.12. The lowest BCUT2D eigenvalue weighted by Crippen LogP contribution is -2.45. The molecule has 0 aromatic heterocycles. The van der Waals surface area contributed by atoms with Gasteiger partial charge >= 0.3 is 0 Å². The first-order chi connectivity index (χ1) is 6.63. The molecule has 0 spiro atoms. The summed E-state index contributed by atoms with van der Waals surface area (Å²) in [6.07, 6.45) is 0. The monoisotopic (exact) mass is 202 g/mol. The topological polar surface area (TPSA) is 24.5 Å². The highest BCUT2D eigenvalue weighted by atomic mass is 16.5. The van der Waals surface area contributed by atoms with Crippen LogP contribution in [-0.2, 0) is 4.74 Å². The Morgan fingerprint density at radius 3 is 2.36 bits per heavy atom. The minimum atomic E-state index is 0.574. The summed E-state index contributed by atoms with van der Waals surface area (Å²) in [5.41, 5.74) is 0. The molecule has 0 heterocycles. The van der Waals surface area contributed by atoms with Crippen LogP contribution in [0.3, 0.4) is 0 Å². The molecule has 3 heteroatoms. The Morgan fingerprint density at radius 1 is 1.29 bits per heavy atom. The SMILES string of the molecule is CCNCC(C)N(CCOC)C(C)C. The van der Waals surface area contributed by atoms with Gasteiger partial charge < -0.3 is 10.1 Å². The van der Waals surface area contributed by atoms with Crippen LogP contribution in [0.2, 0.25) is 0 Å². The Kier molecular flexibility index (Phi) is 8.14. The quantitative estimate of drug-likeness (QED) is 0.643. The first kappa shape index (κ1) is 13.9. The third-order valence-electron chi connectivity index (χ3n) is 2.47. The number of rotatable bonds is 8. The summed E-state index contributed by atoms with van der Waals surface area (Å²) in [5, 5.41) is 3.38. The zero-order valence-electron chi connectivity index (χ0n) is 10.3. The minimum Gasteiger partial charge on any atom is -0.383 e. The Balaban J connectivity index is 3.91. The molecule has 1 atom stereocenters. The molecule has 0 bridgehead atoms. The summed E-state index contributed by atoms with van der Waals surface area (Å²) in [6, 6.07) is 1.16. The zero-order valence-corrected chi connectivity index (χ0v) is 10.3. The van der Waals surface area contributed by atoms with E-state index < -0.39 is 0 Å². The summed E-state index contributed by atoms with van der Waals surface area (Å²) >= 11 is 0. The van der Waals surface area contributed by atoms with Gasteiger partial charge in [0.15, 0.2) is 0 Å². The van der Waals surface area contributed by atoms with E-state index in [1.807, 2.05) is 0 Å². The number of hydrogen-bond donors (Lipinski definition) is 1. The van der Waals surface area contributed by atoms with E-state index in [1.54, 1.807) is 7.11 Å². The van der Waals surface area contributed by atoms with Crippen molar-refractivity contribution >= 4 is 0 Å². The third-order valence-corrected chi connectivity index (χ3v) is 2.47. The van der Waals surface area contributed by atoms with Crippen molar-refractivity contribution < 1.29 is 4.74 Å². The van der Waals surface area contributed by atoms with Crippen LogP contribution in [-0.4, -0.2) is 50.3 Å². The predicted molar refractivity (Wildman–Crippen MR) is 61.7 cm³/mol. The summed E-state index contributed by atoms with van der Waals surface area (Å²) in [5.74, 6) is 0.